The molecule has 1 atom stereocenters. The third-order valence-corrected chi connectivity index (χ3v) is 4.47. The molecule has 0 aliphatic rings. The molecule has 0 saturated carbocycles. The highest BCUT2D eigenvalue weighted by Crippen LogP contribution is 2.43. The zero-order valence-electron chi connectivity index (χ0n) is 15.5. The Kier molecular flexibility index (Phi) is 17.9. The van der Waals surface area contributed by atoms with Gasteiger partial charge in [-0.3, -0.25) is 4.52 Å². The first-order valence-corrected chi connectivity index (χ1v) is 11.0. The molecule has 24 heavy (non-hydrogen) atoms. The van der Waals surface area contributed by atoms with Crippen LogP contribution in [-0.4, -0.2) is 31.3 Å². The molecule has 0 fully saturated rings. The first-order valence-electron chi connectivity index (χ1n) is 9.48. The Balaban J connectivity index is 3.25. The van der Waals surface area contributed by atoms with Crippen molar-refractivity contribution in [3.8, 4) is 0 Å². The van der Waals surface area contributed by atoms with E-state index in [1.54, 1.807) is 0 Å². The van der Waals surface area contributed by atoms with Crippen molar-refractivity contribution in [3.63, 3.8) is 0 Å². The third-order valence-electron chi connectivity index (χ3n) is 3.66. The zero-order chi connectivity index (χ0) is 17.9. The van der Waals surface area contributed by atoms with Gasteiger partial charge in [0, 0.05) is 6.61 Å². The van der Waals surface area contributed by atoms with Gasteiger partial charge in [0.05, 0.1) is 19.8 Å². The van der Waals surface area contributed by atoms with Gasteiger partial charge < -0.3 is 9.63 Å². The van der Waals surface area contributed by atoms with E-state index in [0.717, 1.165) is 12.8 Å². The standard InChI is InChI=1S/C17H37O6P/c1-3-5-6-7-8-9-10-11-12-13-14-15-21-23-24(18,19)22-17-16-20-4-2/h3-17H2,1-2H3,(H,18,19). The molecule has 0 aliphatic carbocycles. The second kappa shape index (κ2) is 17.8. The second-order valence-corrected chi connectivity index (χ2v) is 7.28. The molecule has 0 aliphatic heterocycles. The fourth-order valence-electron chi connectivity index (χ4n) is 2.31. The molecule has 0 rings (SSSR count). The van der Waals surface area contributed by atoms with Crippen molar-refractivity contribution in [2.75, 3.05) is 26.4 Å². The quantitative estimate of drug-likeness (QED) is 0.142. The van der Waals surface area contributed by atoms with Gasteiger partial charge in [0.2, 0.25) is 0 Å². The lowest BCUT2D eigenvalue weighted by molar-refractivity contribution is -0.225. The van der Waals surface area contributed by atoms with Crippen LogP contribution in [0.2, 0.25) is 0 Å². The first kappa shape index (κ1) is 24.0. The van der Waals surface area contributed by atoms with Gasteiger partial charge in [-0.2, -0.15) is 0 Å². The summed E-state index contributed by atoms with van der Waals surface area (Å²) in [6, 6.07) is 0. The summed E-state index contributed by atoms with van der Waals surface area (Å²) in [5.74, 6) is 0. The van der Waals surface area contributed by atoms with E-state index in [1.165, 1.54) is 57.8 Å². The van der Waals surface area contributed by atoms with Crippen molar-refractivity contribution in [2.45, 2.75) is 84.5 Å². The summed E-state index contributed by atoms with van der Waals surface area (Å²) in [5, 5.41) is 0. The number of phosphoric acid groups is 1. The highest BCUT2D eigenvalue weighted by atomic mass is 31.2. The number of hydrogen-bond donors (Lipinski definition) is 1. The van der Waals surface area contributed by atoms with Gasteiger partial charge in [-0.05, 0) is 13.3 Å². The topological polar surface area (TPSA) is 74.2 Å². The van der Waals surface area contributed by atoms with Gasteiger partial charge >= 0.3 is 7.82 Å². The second-order valence-electron chi connectivity index (χ2n) is 5.93. The molecule has 0 amide bonds. The molecule has 0 aromatic carbocycles. The summed E-state index contributed by atoms with van der Waals surface area (Å²) in [6.45, 7) is 5.17. The Hall–Kier alpha value is 0.0300. The molecule has 0 aromatic heterocycles. The van der Waals surface area contributed by atoms with E-state index in [0.29, 0.717) is 13.2 Å². The van der Waals surface area contributed by atoms with E-state index in [4.69, 9.17) is 9.62 Å². The van der Waals surface area contributed by atoms with E-state index in [2.05, 4.69) is 16.1 Å². The van der Waals surface area contributed by atoms with Crippen LogP contribution in [0.15, 0.2) is 0 Å². The van der Waals surface area contributed by atoms with Gasteiger partial charge in [-0.1, -0.05) is 71.1 Å². The molecule has 0 spiro atoms. The van der Waals surface area contributed by atoms with Gasteiger partial charge in [0.1, 0.15) is 0 Å². The minimum Gasteiger partial charge on any atom is -0.379 e. The Morgan fingerprint density at radius 2 is 1.29 bits per heavy atom. The lowest BCUT2D eigenvalue weighted by Crippen LogP contribution is -2.05. The molecule has 1 unspecified atom stereocenters. The molecule has 0 saturated heterocycles. The van der Waals surface area contributed by atoms with Crippen molar-refractivity contribution in [2.24, 2.45) is 0 Å². The van der Waals surface area contributed by atoms with Crippen LogP contribution in [0.1, 0.15) is 84.5 Å². The third kappa shape index (κ3) is 18.4. The number of rotatable bonds is 19. The maximum atomic E-state index is 11.4. The van der Waals surface area contributed by atoms with E-state index >= 15 is 0 Å². The molecule has 1 N–H and O–H groups in total. The van der Waals surface area contributed by atoms with Gasteiger partial charge in [-0.15, -0.1) is 4.67 Å². The molecular weight excluding hydrogens is 331 g/mol. The minimum atomic E-state index is -4.12. The van der Waals surface area contributed by atoms with E-state index in [9.17, 15) is 9.46 Å². The Morgan fingerprint density at radius 3 is 1.83 bits per heavy atom. The average molecular weight is 368 g/mol. The highest BCUT2D eigenvalue weighted by Gasteiger charge is 2.22. The fraction of sp³-hybridized carbons (Fsp3) is 1.00. The molecule has 0 radical (unpaired) electrons. The smallest absolute Gasteiger partial charge is 0.379 e. The van der Waals surface area contributed by atoms with Crippen LogP contribution in [-0.2, 0) is 23.4 Å². The van der Waals surface area contributed by atoms with Crippen molar-refractivity contribution in [1.29, 1.82) is 0 Å². The van der Waals surface area contributed by atoms with Gasteiger partial charge in [0.25, 0.3) is 0 Å². The minimum absolute atomic E-state index is 0.00340. The normalized spacial score (nSPS) is 14.0. The summed E-state index contributed by atoms with van der Waals surface area (Å²) in [6.07, 6.45) is 13.6. The van der Waals surface area contributed by atoms with Crippen LogP contribution in [0.25, 0.3) is 0 Å². The van der Waals surface area contributed by atoms with Gasteiger partial charge in [0.15, 0.2) is 0 Å². The molecule has 146 valence electrons. The summed E-state index contributed by atoms with van der Waals surface area (Å²) in [5.41, 5.74) is 0. The van der Waals surface area contributed by atoms with Crippen LogP contribution in [0, 0.1) is 0 Å². The number of hydrogen-bond acceptors (Lipinski definition) is 5. The molecule has 0 bridgehead atoms. The Bertz CT molecular complexity index is 301. The van der Waals surface area contributed by atoms with E-state index < -0.39 is 7.82 Å². The van der Waals surface area contributed by atoms with Crippen molar-refractivity contribution in [1.82, 2.24) is 0 Å². The number of unbranched alkanes of at least 4 members (excludes halogenated alkanes) is 10. The van der Waals surface area contributed by atoms with Gasteiger partial charge in [-0.25, -0.2) is 9.45 Å². The molecule has 7 heteroatoms. The zero-order valence-corrected chi connectivity index (χ0v) is 16.4. The van der Waals surface area contributed by atoms with Crippen molar-refractivity contribution >= 4 is 7.82 Å². The monoisotopic (exact) mass is 368 g/mol. The first-order chi connectivity index (χ1) is 11.6. The molecular formula is C17H37O6P. The number of ether oxygens (including phenoxy) is 1. The summed E-state index contributed by atoms with van der Waals surface area (Å²) >= 11 is 0. The predicted molar refractivity (Wildman–Crippen MR) is 95.8 cm³/mol. The highest BCUT2D eigenvalue weighted by molar-refractivity contribution is 7.47. The van der Waals surface area contributed by atoms with Crippen LogP contribution >= 0.6 is 7.82 Å². The van der Waals surface area contributed by atoms with Crippen LogP contribution in [0.5, 0.6) is 0 Å². The lowest BCUT2D eigenvalue weighted by atomic mass is 10.1. The van der Waals surface area contributed by atoms with Crippen molar-refractivity contribution in [3.05, 3.63) is 0 Å². The number of phosphoric ester groups is 1. The molecule has 6 nitrogen and oxygen atoms in total. The molecule has 0 heterocycles. The summed E-state index contributed by atoms with van der Waals surface area (Å²) in [4.78, 5) is 14.1. The lowest BCUT2D eigenvalue weighted by Gasteiger charge is -2.10. The van der Waals surface area contributed by atoms with E-state index in [-0.39, 0.29) is 13.2 Å². The molecule has 0 aromatic rings. The Labute approximate surface area is 147 Å². The summed E-state index contributed by atoms with van der Waals surface area (Å²) < 4.78 is 25.5. The maximum absolute atomic E-state index is 11.4. The van der Waals surface area contributed by atoms with E-state index in [1.807, 2.05) is 6.92 Å². The SMILES string of the molecule is CCCCCCCCCCCCCOOP(=O)(O)OCCOCC. The average Bonchev–Trinajstić information content (AvgIpc) is 2.56. The Morgan fingerprint density at radius 1 is 0.750 bits per heavy atom. The largest absolute Gasteiger partial charge is 0.499 e. The van der Waals surface area contributed by atoms with Crippen LogP contribution in [0.3, 0.4) is 0 Å². The van der Waals surface area contributed by atoms with Crippen LogP contribution in [0.4, 0.5) is 0 Å². The summed E-state index contributed by atoms with van der Waals surface area (Å²) in [7, 11) is -4.12. The predicted octanol–water partition coefficient (Wildman–Crippen LogP) is 5.40. The fourth-order valence-corrected chi connectivity index (χ4v) is 2.86. The van der Waals surface area contributed by atoms with Crippen molar-refractivity contribution < 1.29 is 28.3 Å². The van der Waals surface area contributed by atoms with Crippen LogP contribution < -0.4 is 0 Å². The maximum Gasteiger partial charge on any atom is 0.499 e.